The molecule has 0 unspecified atom stereocenters. The lowest BCUT2D eigenvalue weighted by Gasteiger charge is -2.17. The van der Waals surface area contributed by atoms with E-state index in [-0.39, 0.29) is 22.3 Å². The Kier molecular flexibility index (Phi) is 6.78. The zero-order valence-corrected chi connectivity index (χ0v) is 22.1. The predicted octanol–water partition coefficient (Wildman–Crippen LogP) is 4.49. The van der Waals surface area contributed by atoms with Gasteiger partial charge in [0.25, 0.3) is 11.1 Å². The van der Waals surface area contributed by atoms with E-state index in [1.807, 2.05) is 0 Å². The number of carbonyl (C=O) groups is 2. The van der Waals surface area contributed by atoms with Gasteiger partial charge in [-0.1, -0.05) is 41.9 Å². The summed E-state index contributed by atoms with van der Waals surface area (Å²) in [6.07, 6.45) is 0. The summed E-state index contributed by atoms with van der Waals surface area (Å²) in [4.78, 5) is 50.9. The first kappa shape index (κ1) is 26.5. The van der Waals surface area contributed by atoms with Crippen molar-refractivity contribution < 1.29 is 19.8 Å². The Balaban J connectivity index is 1.76. The van der Waals surface area contributed by atoms with Gasteiger partial charge in [0.1, 0.15) is 0 Å². The molecule has 0 saturated heterocycles. The normalized spacial score (nSPS) is 11.2. The highest BCUT2D eigenvalue weighted by Gasteiger charge is 2.32. The van der Waals surface area contributed by atoms with Crippen LogP contribution in [0, 0.1) is 13.8 Å². The zero-order valence-electron chi connectivity index (χ0n) is 21.3. The first-order valence-electron chi connectivity index (χ1n) is 12.1. The molecule has 4 N–H and O–H groups in total. The molecule has 2 aromatic heterocycles. The molecular weight excluding hydrogens is 536 g/mol. The lowest BCUT2D eigenvalue weighted by atomic mass is 9.85. The van der Waals surface area contributed by atoms with E-state index in [1.165, 1.54) is 45.8 Å². The van der Waals surface area contributed by atoms with Crippen molar-refractivity contribution in [2.45, 2.75) is 19.8 Å². The van der Waals surface area contributed by atoms with Crippen LogP contribution >= 0.6 is 11.6 Å². The molecule has 0 bridgehead atoms. The van der Waals surface area contributed by atoms with E-state index < -0.39 is 29.0 Å². The van der Waals surface area contributed by atoms with Gasteiger partial charge in [-0.05, 0) is 61.9 Å². The van der Waals surface area contributed by atoms with Gasteiger partial charge in [-0.25, -0.2) is 19.0 Å². The van der Waals surface area contributed by atoms with E-state index in [1.54, 1.807) is 50.2 Å². The summed E-state index contributed by atoms with van der Waals surface area (Å²) in [7, 11) is 0. The minimum Gasteiger partial charge on any atom is -0.478 e. The average molecular weight is 559 g/mol. The van der Waals surface area contributed by atoms with Gasteiger partial charge in [0, 0.05) is 16.4 Å². The molecule has 0 aliphatic rings. The van der Waals surface area contributed by atoms with Crippen molar-refractivity contribution >= 4 is 23.5 Å². The zero-order chi connectivity index (χ0) is 28.7. The number of aromatic amines is 2. The average Bonchev–Trinajstić information content (AvgIpc) is 3.40. The molecular formula is C29H23ClN4O6. The predicted molar refractivity (Wildman–Crippen MR) is 149 cm³/mol. The van der Waals surface area contributed by atoms with Crippen LogP contribution in [0.3, 0.4) is 0 Å². The fourth-order valence-corrected chi connectivity index (χ4v) is 5.13. The van der Waals surface area contributed by atoms with E-state index >= 15 is 0 Å². The van der Waals surface area contributed by atoms with Crippen LogP contribution in [0.4, 0.5) is 0 Å². The highest BCUT2D eigenvalue weighted by Crippen LogP contribution is 2.36. The van der Waals surface area contributed by atoms with Gasteiger partial charge in [-0.15, -0.1) is 0 Å². The topological polar surface area (TPSA) is 150 Å². The van der Waals surface area contributed by atoms with E-state index in [0.717, 1.165) is 0 Å². The number of H-pyrrole nitrogens is 2. The molecule has 202 valence electrons. The molecule has 2 heterocycles. The van der Waals surface area contributed by atoms with Gasteiger partial charge in [-0.3, -0.25) is 19.8 Å². The van der Waals surface area contributed by atoms with E-state index in [9.17, 15) is 29.4 Å². The molecule has 0 saturated carbocycles. The fourth-order valence-electron chi connectivity index (χ4n) is 4.88. The third-order valence-electron chi connectivity index (χ3n) is 6.73. The second kappa shape index (κ2) is 10.2. The number of benzene rings is 3. The summed E-state index contributed by atoms with van der Waals surface area (Å²) in [5.74, 6) is -3.18. The Hall–Kier alpha value is -5.09. The van der Waals surface area contributed by atoms with Crippen molar-refractivity contribution in [2.75, 3.05) is 0 Å². The molecule has 0 fully saturated rings. The van der Waals surface area contributed by atoms with Crippen LogP contribution in [0.2, 0.25) is 5.02 Å². The third kappa shape index (κ3) is 4.54. The Morgan fingerprint density at radius 2 is 1.18 bits per heavy atom. The molecule has 0 atom stereocenters. The quantitative estimate of drug-likeness (QED) is 0.231. The molecule has 10 nitrogen and oxygen atoms in total. The van der Waals surface area contributed by atoms with Gasteiger partial charge < -0.3 is 10.2 Å². The second-order valence-corrected chi connectivity index (χ2v) is 9.65. The lowest BCUT2D eigenvalue weighted by Crippen LogP contribution is -2.25. The number of nitrogens with zero attached hydrogens (tertiary/aromatic N) is 2. The first-order valence-corrected chi connectivity index (χ1v) is 12.5. The van der Waals surface area contributed by atoms with Gasteiger partial charge in [0.2, 0.25) is 0 Å². The van der Waals surface area contributed by atoms with Crippen LogP contribution in [0.25, 0.3) is 11.4 Å². The van der Waals surface area contributed by atoms with E-state index in [0.29, 0.717) is 33.3 Å². The number of aromatic nitrogens is 4. The number of hydrogen-bond acceptors (Lipinski definition) is 4. The van der Waals surface area contributed by atoms with Crippen LogP contribution in [0.5, 0.6) is 0 Å². The fraction of sp³-hybridized carbons (Fsp3) is 0.103. The summed E-state index contributed by atoms with van der Waals surface area (Å²) in [5.41, 5.74) is 1.59. The number of carboxylic acids is 2. The number of aryl methyl sites for hydroxylation is 2. The molecule has 0 amide bonds. The smallest absolute Gasteiger partial charge is 0.335 e. The van der Waals surface area contributed by atoms with Crippen molar-refractivity contribution in [1.82, 2.24) is 19.6 Å². The third-order valence-corrected chi connectivity index (χ3v) is 7.07. The van der Waals surface area contributed by atoms with Gasteiger partial charge >= 0.3 is 11.9 Å². The van der Waals surface area contributed by atoms with Crippen LogP contribution < -0.4 is 11.1 Å². The largest absolute Gasteiger partial charge is 0.478 e. The maximum Gasteiger partial charge on any atom is 0.335 e. The standard InChI is InChI=1S/C29H23ClN4O6/c1-15-23(26(35)33(31-15)19-9-5-7-17(13-19)28(37)38)25(21-11-3-4-12-22(21)30)24-16(2)32-34(27(24)36)20-10-6-8-18(14-20)29(39)40/h3-14,25,31-32H,1-2H3,(H,37,38)(H,39,40). The van der Waals surface area contributed by atoms with E-state index in [2.05, 4.69) is 10.2 Å². The summed E-state index contributed by atoms with van der Waals surface area (Å²) in [6, 6.07) is 18.7. The summed E-state index contributed by atoms with van der Waals surface area (Å²) in [6.45, 7) is 3.38. The summed E-state index contributed by atoms with van der Waals surface area (Å²) in [5, 5.41) is 25.2. The highest BCUT2D eigenvalue weighted by atomic mass is 35.5. The van der Waals surface area contributed by atoms with Crippen molar-refractivity contribution in [1.29, 1.82) is 0 Å². The summed E-state index contributed by atoms with van der Waals surface area (Å²) >= 11 is 6.62. The minimum atomic E-state index is -1.14. The lowest BCUT2D eigenvalue weighted by molar-refractivity contribution is 0.0686. The SMILES string of the molecule is Cc1[nH]n(-c2cccc(C(=O)O)c2)c(=O)c1C(c1ccccc1Cl)c1c(C)[nH]n(-c2cccc(C(=O)O)c2)c1=O. The maximum absolute atomic E-state index is 13.9. The number of hydrogen-bond donors (Lipinski definition) is 4. The molecule has 3 aromatic carbocycles. The van der Waals surface area contributed by atoms with Crippen molar-refractivity contribution in [3.63, 3.8) is 0 Å². The molecule has 0 spiro atoms. The van der Waals surface area contributed by atoms with Gasteiger partial charge in [0.15, 0.2) is 0 Å². The van der Waals surface area contributed by atoms with Crippen LogP contribution in [-0.2, 0) is 0 Å². The number of halogens is 1. The number of carboxylic acid groups (broad SMARTS) is 2. The number of rotatable bonds is 7. The summed E-state index contributed by atoms with van der Waals surface area (Å²) < 4.78 is 2.47. The molecule has 40 heavy (non-hydrogen) atoms. The minimum absolute atomic E-state index is 0.00816. The first-order chi connectivity index (χ1) is 19.1. The molecule has 0 aliphatic carbocycles. The van der Waals surface area contributed by atoms with Crippen molar-refractivity contribution in [3.8, 4) is 11.4 Å². The Bertz CT molecular complexity index is 1800. The van der Waals surface area contributed by atoms with Gasteiger partial charge in [-0.2, -0.15) is 0 Å². The second-order valence-electron chi connectivity index (χ2n) is 9.25. The Labute approximate surface area is 231 Å². The molecule has 5 rings (SSSR count). The number of nitrogens with one attached hydrogen (secondary N) is 2. The molecule has 5 aromatic rings. The van der Waals surface area contributed by atoms with Gasteiger partial charge in [0.05, 0.1) is 39.5 Å². The van der Waals surface area contributed by atoms with Crippen LogP contribution in [-0.4, -0.2) is 41.7 Å². The molecule has 11 heteroatoms. The monoisotopic (exact) mass is 558 g/mol. The van der Waals surface area contributed by atoms with Crippen molar-refractivity contribution in [3.05, 3.63) is 138 Å². The Morgan fingerprint density at radius 3 is 1.60 bits per heavy atom. The highest BCUT2D eigenvalue weighted by molar-refractivity contribution is 6.31. The van der Waals surface area contributed by atoms with Crippen LogP contribution in [0.1, 0.15) is 54.7 Å². The molecule has 0 aliphatic heterocycles. The Morgan fingerprint density at radius 1 is 0.725 bits per heavy atom. The van der Waals surface area contributed by atoms with Crippen molar-refractivity contribution in [2.24, 2.45) is 0 Å². The van der Waals surface area contributed by atoms with Crippen LogP contribution in [0.15, 0.2) is 82.4 Å². The van der Waals surface area contributed by atoms with E-state index in [4.69, 9.17) is 11.6 Å². The molecule has 0 radical (unpaired) electrons. The number of aromatic carboxylic acids is 2. The maximum atomic E-state index is 13.9.